The van der Waals surface area contributed by atoms with Gasteiger partial charge in [-0.05, 0) is 48.9 Å². The maximum atomic E-state index is 11.9. The van der Waals surface area contributed by atoms with E-state index in [0.717, 1.165) is 15.7 Å². The van der Waals surface area contributed by atoms with Gasteiger partial charge < -0.3 is 11.1 Å². The number of rotatable bonds is 4. The van der Waals surface area contributed by atoms with Gasteiger partial charge in [0.1, 0.15) is 5.54 Å². The first kappa shape index (κ1) is 14.9. The third kappa shape index (κ3) is 3.14. The molecule has 104 valence electrons. The van der Waals surface area contributed by atoms with Crippen molar-refractivity contribution in [3.63, 3.8) is 0 Å². The lowest BCUT2D eigenvalue weighted by Gasteiger charge is -2.29. The van der Waals surface area contributed by atoms with Crippen LogP contribution in [0.5, 0.6) is 0 Å². The summed E-state index contributed by atoms with van der Waals surface area (Å²) in [6.07, 6.45) is 0. The molecule has 2 aromatic carbocycles. The number of amides is 1. The minimum absolute atomic E-state index is 0.470. The van der Waals surface area contributed by atoms with E-state index in [4.69, 9.17) is 17.3 Å². The molecule has 20 heavy (non-hydrogen) atoms. The number of carbonyl (C=O) groups is 1. The number of hydrogen-bond acceptors (Lipinski definition) is 2. The predicted octanol–water partition coefficient (Wildman–Crippen LogP) is 3.92. The molecule has 0 aliphatic carbocycles. The van der Waals surface area contributed by atoms with Crippen LogP contribution in [0.1, 0.15) is 12.5 Å². The summed E-state index contributed by atoms with van der Waals surface area (Å²) in [4.78, 5) is 11.9. The Labute approximate surface area is 131 Å². The zero-order valence-corrected chi connectivity index (χ0v) is 13.2. The number of primary amides is 1. The smallest absolute Gasteiger partial charge is 0.247 e. The van der Waals surface area contributed by atoms with Crippen molar-refractivity contribution in [2.24, 2.45) is 5.73 Å². The fourth-order valence-corrected chi connectivity index (χ4v) is 2.35. The SMILES string of the molecule is CC(Nc1ccc(Br)cc1)(C(N)=O)c1cccc(Cl)c1. The van der Waals surface area contributed by atoms with E-state index in [1.54, 1.807) is 25.1 Å². The van der Waals surface area contributed by atoms with E-state index >= 15 is 0 Å². The molecular formula is C15H14BrClN2O. The Morgan fingerprint density at radius 2 is 1.90 bits per heavy atom. The molecule has 0 saturated heterocycles. The number of benzene rings is 2. The van der Waals surface area contributed by atoms with Crippen LogP contribution in [0.25, 0.3) is 0 Å². The summed E-state index contributed by atoms with van der Waals surface area (Å²) in [5.41, 5.74) is 6.07. The number of hydrogen-bond donors (Lipinski definition) is 2. The van der Waals surface area contributed by atoms with Crippen molar-refractivity contribution < 1.29 is 4.79 Å². The van der Waals surface area contributed by atoms with Crippen molar-refractivity contribution in [2.75, 3.05) is 5.32 Å². The topological polar surface area (TPSA) is 55.1 Å². The molecule has 1 atom stereocenters. The molecule has 0 fully saturated rings. The first-order chi connectivity index (χ1) is 9.41. The van der Waals surface area contributed by atoms with E-state index in [2.05, 4.69) is 21.2 Å². The molecule has 5 heteroatoms. The van der Waals surface area contributed by atoms with Crippen LogP contribution in [0.15, 0.2) is 53.0 Å². The fraction of sp³-hybridized carbons (Fsp3) is 0.133. The number of nitrogens with one attached hydrogen (secondary N) is 1. The Bertz CT molecular complexity index is 630. The number of halogens is 2. The zero-order valence-electron chi connectivity index (χ0n) is 10.9. The highest BCUT2D eigenvalue weighted by Gasteiger charge is 2.33. The maximum Gasteiger partial charge on any atom is 0.247 e. The number of anilines is 1. The van der Waals surface area contributed by atoms with E-state index in [1.807, 2.05) is 30.3 Å². The standard InChI is InChI=1S/C15H14BrClN2O/c1-15(14(18)20,10-3-2-4-12(17)9-10)19-13-7-5-11(16)6-8-13/h2-9,19H,1H3,(H2,18,20). The molecule has 0 bridgehead atoms. The molecule has 2 rings (SSSR count). The maximum absolute atomic E-state index is 11.9. The largest absolute Gasteiger partial charge is 0.368 e. The molecule has 0 aliphatic rings. The second kappa shape index (κ2) is 5.85. The van der Waals surface area contributed by atoms with Gasteiger partial charge in [0, 0.05) is 15.2 Å². The Balaban J connectivity index is 2.39. The summed E-state index contributed by atoms with van der Waals surface area (Å²) >= 11 is 9.36. The van der Waals surface area contributed by atoms with Crippen LogP contribution in [-0.2, 0) is 10.3 Å². The molecule has 1 unspecified atom stereocenters. The van der Waals surface area contributed by atoms with Crippen LogP contribution < -0.4 is 11.1 Å². The molecule has 1 amide bonds. The normalized spacial score (nSPS) is 13.6. The van der Waals surface area contributed by atoms with Crippen molar-refractivity contribution in [1.82, 2.24) is 0 Å². The van der Waals surface area contributed by atoms with Crippen molar-refractivity contribution in [3.8, 4) is 0 Å². The monoisotopic (exact) mass is 352 g/mol. The van der Waals surface area contributed by atoms with E-state index < -0.39 is 11.4 Å². The third-order valence-electron chi connectivity index (χ3n) is 3.13. The molecule has 0 heterocycles. The van der Waals surface area contributed by atoms with Crippen LogP contribution in [0.3, 0.4) is 0 Å². The molecule has 0 aliphatic heterocycles. The molecule has 3 nitrogen and oxygen atoms in total. The summed E-state index contributed by atoms with van der Waals surface area (Å²) in [6.45, 7) is 1.74. The first-order valence-corrected chi connectivity index (χ1v) is 7.18. The summed E-state index contributed by atoms with van der Waals surface area (Å²) in [5.74, 6) is -0.470. The Morgan fingerprint density at radius 3 is 2.45 bits per heavy atom. The third-order valence-corrected chi connectivity index (χ3v) is 3.90. The summed E-state index contributed by atoms with van der Waals surface area (Å²) in [7, 11) is 0. The molecule has 3 N–H and O–H groups in total. The minimum Gasteiger partial charge on any atom is -0.368 e. The van der Waals surface area contributed by atoms with Gasteiger partial charge in [-0.3, -0.25) is 4.79 Å². The number of carbonyl (C=O) groups excluding carboxylic acids is 1. The second-order valence-corrected chi connectivity index (χ2v) is 5.98. The summed E-state index contributed by atoms with van der Waals surface area (Å²) in [5, 5.41) is 3.73. The zero-order chi connectivity index (χ0) is 14.8. The highest BCUT2D eigenvalue weighted by molar-refractivity contribution is 9.10. The summed E-state index contributed by atoms with van der Waals surface area (Å²) in [6, 6.07) is 14.6. The molecule has 0 spiro atoms. The predicted molar refractivity (Wildman–Crippen MR) is 85.8 cm³/mol. The van der Waals surface area contributed by atoms with Gasteiger partial charge in [0.25, 0.3) is 0 Å². The van der Waals surface area contributed by atoms with Gasteiger partial charge in [0.2, 0.25) is 5.91 Å². The highest BCUT2D eigenvalue weighted by atomic mass is 79.9. The lowest BCUT2D eigenvalue weighted by molar-refractivity contribution is -0.122. The molecule has 2 aromatic rings. The van der Waals surface area contributed by atoms with Crippen LogP contribution in [-0.4, -0.2) is 5.91 Å². The fourth-order valence-electron chi connectivity index (χ4n) is 1.90. The average molecular weight is 354 g/mol. The molecule has 0 saturated carbocycles. The van der Waals surface area contributed by atoms with Gasteiger partial charge in [-0.15, -0.1) is 0 Å². The molecule has 0 aromatic heterocycles. The quantitative estimate of drug-likeness (QED) is 0.875. The van der Waals surface area contributed by atoms with Crippen molar-refractivity contribution in [1.29, 1.82) is 0 Å². The van der Waals surface area contributed by atoms with Gasteiger partial charge >= 0.3 is 0 Å². The van der Waals surface area contributed by atoms with Gasteiger partial charge in [-0.25, -0.2) is 0 Å². The van der Waals surface area contributed by atoms with Crippen molar-refractivity contribution in [2.45, 2.75) is 12.5 Å². The van der Waals surface area contributed by atoms with Crippen molar-refractivity contribution in [3.05, 3.63) is 63.6 Å². The average Bonchev–Trinajstić information content (AvgIpc) is 2.41. The highest BCUT2D eigenvalue weighted by Crippen LogP contribution is 2.28. The van der Waals surface area contributed by atoms with Crippen LogP contribution in [0, 0.1) is 0 Å². The van der Waals surface area contributed by atoms with Crippen LogP contribution in [0.2, 0.25) is 5.02 Å². The Hall–Kier alpha value is -1.52. The van der Waals surface area contributed by atoms with Gasteiger partial charge in [-0.2, -0.15) is 0 Å². The van der Waals surface area contributed by atoms with E-state index in [1.165, 1.54) is 0 Å². The number of nitrogens with two attached hydrogens (primary N) is 1. The van der Waals surface area contributed by atoms with Crippen LogP contribution in [0.4, 0.5) is 5.69 Å². The lowest BCUT2D eigenvalue weighted by atomic mass is 9.91. The Morgan fingerprint density at radius 1 is 1.25 bits per heavy atom. The van der Waals surface area contributed by atoms with Crippen molar-refractivity contribution >= 4 is 39.1 Å². The minimum atomic E-state index is -1.03. The van der Waals surface area contributed by atoms with E-state index in [0.29, 0.717) is 5.02 Å². The Kier molecular flexibility index (Phi) is 4.35. The van der Waals surface area contributed by atoms with E-state index in [9.17, 15) is 4.79 Å². The summed E-state index contributed by atoms with van der Waals surface area (Å²) < 4.78 is 0.964. The van der Waals surface area contributed by atoms with Gasteiger partial charge in [0.05, 0.1) is 0 Å². The molecule has 0 radical (unpaired) electrons. The molecular weight excluding hydrogens is 340 g/mol. The van der Waals surface area contributed by atoms with Gasteiger partial charge in [-0.1, -0.05) is 39.7 Å². The van der Waals surface area contributed by atoms with Gasteiger partial charge in [0.15, 0.2) is 0 Å². The van der Waals surface area contributed by atoms with E-state index in [-0.39, 0.29) is 0 Å². The first-order valence-electron chi connectivity index (χ1n) is 6.01. The lowest BCUT2D eigenvalue weighted by Crippen LogP contribution is -2.45. The van der Waals surface area contributed by atoms with Crippen LogP contribution >= 0.6 is 27.5 Å². The second-order valence-electron chi connectivity index (χ2n) is 4.63.